The van der Waals surface area contributed by atoms with Gasteiger partial charge in [-0.3, -0.25) is 33.7 Å². The third-order valence-electron chi connectivity index (χ3n) is 11.5. The molecular formula is C46H78N6O9Si. The summed E-state index contributed by atoms with van der Waals surface area (Å²) in [6.07, 6.45) is 0.824. The standard InChI is InChI=1S/C46H78N6O9Si/c1-17-32(6)39(47-40(54)36(27-30(3)4)50(13)45(59)60-25-26-62(14,15)16)44(58)49(12)33(7)41(55)52-24-23-35(52)43(57)51(18-2)37(28-34-21-19-31(5)20-22-34)42(56)48(11)29-38(53)61-46(8,9)10/h19-22,30,32-33,35-37,39H,17-18,23-29H2,1-16H3,(H,47,54)/t32-,33-,35-,36-,37?,39-/m0/s1. The molecule has 16 heteroatoms. The number of carbonyl (C=O) groups is 7. The molecular weight excluding hydrogens is 809 g/mol. The van der Waals surface area contributed by atoms with Gasteiger partial charge in [-0.15, -0.1) is 0 Å². The Hall–Kier alpha value is -4.47. The monoisotopic (exact) mass is 887 g/mol. The van der Waals surface area contributed by atoms with Crippen molar-refractivity contribution in [2.45, 2.75) is 156 Å². The van der Waals surface area contributed by atoms with Crippen LogP contribution in [0, 0.1) is 18.8 Å². The molecule has 0 spiro atoms. The molecule has 6 amide bonds. The van der Waals surface area contributed by atoms with E-state index >= 15 is 0 Å². The van der Waals surface area contributed by atoms with E-state index in [1.807, 2.05) is 58.9 Å². The summed E-state index contributed by atoms with van der Waals surface area (Å²) < 4.78 is 11.0. The number of carbonyl (C=O) groups excluding carboxylic acids is 7. The van der Waals surface area contributed by atoms with Crippen LogP contribution in [0.25, 0.3) is 0 Å². The quantitative estimate of drug-likeness (QED) is 0.127. The lowest BCUT2D eigenvalue weighted by molar-refractivity contribution is -0.162. The fraction of sp³-hybridized carbons (Fsp3) is 0.717. The fourth-order valence-corrected chi connectivity index (χ4v) is 7.83. The van der Waals surface area contributed by atoms with E-state index in [0.29, 0.717) is 19.3 Å². The van der Waals surface area contributed by atoms with Crippen LogP contribution in [0.5, 0.6) is 0 Å². The molecule has 1 fully saturated rings. The maximum absolute atomic E-state index is 14.4. The Balaban J connectivity index is 2.32. The summed E-state index contributed by atoms with van der Waals surface area (Å²) in [5.74, 6) is -3.12. The van der Waals surface area contributed by atoms with Gasteiger partial charge in [0.2, 0.25) is 29.5 Å². The summed E-state index contributed by atoms with van der Waals surface area (Å²) in [7, 11) is 3.08. The van der Waals surface area contributed by atoms with Crippen LogP contribution in [0.3, 0.4) is 0 Å². The van der Waals surface area contributed by atoms with Crippen LogP contribution in [0.1, 0.15) is 92.7 Å². The largest absolute Gasteiger partial charge is 0.459 e. The Morgan fingerprint density at radius 3 is 1.97 bits per heavy atom. The van der Waals surface area contributed by atoms with Gasteiger partial charge in [-0.25, -0.2) is 4.79 Å². The number of amides is 6. The van der Waals surface area contributed by atoms with E-state index in [1.54, 1.807) is 34.6 Å². The molecule has 350 valence electrons. The molecule has 1 aromatic carbocycles. The lowest BCUT2D eigenvalue weighted by atomic mass is 9.95. The van der Waals surface area contributed by atoms with Gasteiger partial charge in [-0.2, -0.15) is 0 Å². The number of esters is 1. The highest BCUT2D eigenvalue weighted by Crippen LogP contribution is 2.26. The van der Waals surface area contributed by atoms with Gasteiger partial charge in [0.15, 0.2) is 0 Å². The SMILES string of the molecule is CC[C@H](C)[C@H](NC(=O)[C@H](CC(C)C)N(C)C(=O)OCC[Si](C)(C)C)C(=O)N(C)[C@@H](C)C(=O)N1CC[C@H]1C(=O)N(CC)C(Cc1ccc(C)cc1)C(=O)N(C)CC(=O)OC(C)(C)C. The van der Waals surface area contributed by atoms with Crippen LogP contribution in [-0.4, -0.2) is 157 Å². The lowest BCUT2D eigenvalue weighted by Crippen LogP contribution is -2.65. The average Bonchev–Trinajstić information content (AvgIpc) is 3.15. The van der Waals surface area contributed by atoms with Crippen LogP contribution < -0.4 is 5.32 Å². The van der Waals surface area contributed by atoms with Gasteiger partial charge >= 0.3 is 12.1 Å². The smallest absolute Gasteiger partial charge is 0.410 e. The molecule has 1 aliphatic rings. The fourth-order valence-electron chi connectivity index (χ4n) is 7.12. The molecule has 2 rings (SSSR count). The molecule has 15 nitrogen and oxygen atoms in total. The van der Waals surface area contributed by atoms with Crippen LogP contribution >= 0.6 is 0 Å². The van der Waals surface area contributed by atoms with Gasteiger partial charge < -0.3 is 34.4 Å². The van der Waals surface area contributed by atoms with Crippen molar-refractivity contribution in [3.05, 3.63) is 35.4 Å². The zero-order valence-electron chi connectivity index (χ0n) is 40.6. The lowest BCUT2D eigenvalue weighted by Gasteiger charge is -2.45. The van der Waals surface area contributed by atoms with Crippen molar-refractivity contribution in [2.24, 2.45) is 11.8 Å². The second-order valence-electron chi connectivity index (χ2n) is 19.6. The maximum atomic E-state index is 14.4. The van der Waals surface area contributed by atoms with E-state index in [9.17, 15) is 33.6 Å². The van der Waals surface area contributed by atoms with Crippen LogP contribution in [0.4, 0.5) is 4.79 Å². The number of hydrogen-bond donors (Lipinski definition) is 1. The molecule has 0 bridgehead atoms. The molecule has 1 aromatic rings. The third-order valence-corrected chi connectivity index (χ3v) is 13.2. The molecule has 1 N–H and O–H groups in total. The number of ether oxygens (including phenoxy) is 2. The summed E-state index contributed by atoms with van der Waals surface area (Å²) in [5, 5.41) is 2.92. The minimum Gasteiger partial charge on any atom is -0.459 e. The molecule has 0 aromatic heterocycles. The Kier molecular flexibility index (Phi) is 20.1. The summed E-state index contributed by atoms with van der Waals surface area (Å²) >= 11 is 0. The number of benzene rings is 1. The zero-order valence-corrected chi connectivity index (χ0v) is 41.6. The third kappa shape index (κ3) is 15.7. The molecule has 1 unspecified atom stereocenters. The topological polar surface area (TPSA) is 166 Å². The summed E-state index contributed by atoms with van der Waals surface area (Å²) in [6.45, 7) is 25.1. The van der Waals surface area contributed by atoms with E-state index in [2.05, 4.69) is 25.0 Å². The molecule has 0 radical (unpaired) electrons. The molecule has 1 saturated heterocycles. The number of aryl methyl sites for hydroxylation is 1. The van der Waals surface area contributed by atoms with Crippen molar-refractivity contribution in [3.63, 3.8) is 0 Å². The highest BCUT2D eigenvalue weighted by molar-refractivity contribution is 6.76. The van der Waals surface area contributed by atoms with Gasteiger partial charge in [0, 0.05) is 48.7 Å². The Labute approximate surface area is 372 Å². The van der Waals surface area contributed by atoms with Gasteiger partial charge in [-0.1, -0.05) is 83.6 Å². The molecule has 0 aliphatic carbocycles. The minimum atomic E-state index is -1.46. The normalized spacial score (nSPS) is 16.5. The van der Waals surface area contributed by atoms with Crippen molar-refractivity contribution in [1.82, 2.24) is 29.8 Å². The van der Waals surface area contributed by atoms with Crippen LogP contribution in [0.2, 0.25) is 25.7 Å². The maximum Gasteiger partial charge on any atom is 0.410 e. The van der Waals surface area contributed by atoms with Crippen molar-refractivity contribution in [3.8, 4) is 0 Å². The van der Waals surface area contributed by atoms with Gasteiger partial charge in [0.05, 0.1) is 6.61 Å². The van der Waals surface area contributed by atoms with E-state index in [-0.39, 0.29) is 44.5 Å². The number of nitrogens with one attached hydrogen (secondary N) is 1. The summed E-state index contributed by atoms with van der Waals surface area (Å²) in [4.78, 5) is 104. The van der Waals surface area contributed by atoms with E-state index < -0.39 is 85.5 Å². The average molecular weight is 887 g/mol. The number of rotatable bonds is 21. The van der Waals surface area contributed by atoms with E-state index in [0.717, 1.165) is 17.2 Å². The van der Waals surface area contributed by atoms with Crippen molar-refractivity contribution in [2.75, 3.05) is 47.4 Å². The van der Waals surface area contributed by atoms with Gasteiger partial charge in [0.25, 0.3) is 0 Å². The number of likely N-dealkylation sites (N-methyl/N-ethyl adjacent to an activating group) is 4. The van der Waals surface area contributed by atoms with E-state index in [4.69, 9.17) is 9.47 Å². The summed E-state index contributed by atoms with van der Waals surface area (Å²) in [5.41, 5.74) is 1.11. The Bertz CT molecular complexity index is 1710. The summed E-state index contributed by atoms with van der Waals surface area (Å²) in [6, 6.07) is 3.68. The number of likely N-dealkylation sites (tertiary alicyclic amines) is 1. The van der Waals surface area contributed by atoms with Gasteiger partial charge in [0.1, 0.15) is 42.4 Å². The van der Waals surface area contributed by atoms with Crippen molar-refractivity contribution < 1.29 is 43.0 Å². The molecule has 62 heavy (non-hydrogen) atoms. The second-order valence-corrected chi connectivity index (χ2v) is 25.2. The minimum absolute atomic E-state index is 0.0472. The number of hydrogen-bond acceptors (Lipinski definition) is 9. The van der Waals surface area contributed by atoms with Crippen molar-refractivity contribution >= 4 is 49.7 Å². The highest BCUT2D eigenvalue weighted by atomic mass is 28.3. The predicted molar refractivity (Wildman–Crippen MR) is 244 cm³/mol. The van der Waals surface area contributed by atoms with Crippen LogP contribution in [-0.2, 0) is 44.7 Å². The first kappa shape index (κ1) is 53.7. The molecule has 6 atom stereocenters. The first-order chi connectivity index (χ1) is 28.6. The molecule has 0 saturated carbocycles. The first-order valence-electron chi connectivity index (χ1n) is 22.2. The first-order valence-corrected chi connectivity index (χ1v) is 25.9. The zero-order chi connectivity index (χ0) is 47.4. The second kappa shape index (κ2) is 23.3. The molecule has 1 aliphatic heterocycles. The Morgan fingerprint density at radius 2 is 1.48 bits per heavy atom. The van der Waals surface area contributed by atoms with Gasteiger partial charge in [-0.05, 0) is 77.8 Å². The van der Waals surface area contributed by atoms with Crippen molar-refractivity contribution in [1.29, 1.82) is 0 Å². The number of nitrogens with zero attached hydrogens (tertiary/aromatic N) is 5. The van der Waals surface area contributed by atoms with E-state index in [1.165, 1.54) is 45.6 Å². The predicted octanol–water partition coefficient (Wildman–Crippen LogP) is 5.35. The van der Waals surface area contributed by atoms with Crippen LogP contribution in [0.15, 0.2) is 24.3 Å². The Morgan fingerprint density at radius 1 is 0.887 bits per heavy atom. The highest BCUT2D eigenvalue weighted by Gasteiger charge is 2.45. The molecule has 1 heterocycles.